The molecule has 0 radical (unpaired) electrons. The Hall–Kier alpha value is -1.78. The van der Waals surface area contributed by atoms with Crippen molar-refractivity contribution < 1.29 is 24.1 Å². The van der Waals surface area contributed by atoms with E-state index in [0.717, 1.165) is 0 Å². The number of carbonyl (C=O) groups is 1. The zero-order chi connectivity index (χ0) is 13.7. The van der Waals surface area contributed by atoms with Gasteiger partial charge in [-0.3, -0.25) is 4.79 Å². The van der Waals surface area contributed by atoms with Gasteiger partial charge in [-0.1, -0.05) is 0 Å². The van der Waals surface area contributed by atoms with E-state index in [1.54, 1.807) is 0 Å². The lowest BCUT2D eigenvalue weighted by Gasteiger charge is -2.20. The van der Waals surface area contributed by atoms with Crippen LogP contribution in [0.5, 0.6) is 11.5 Å². The quantitative estimate of drug-likeness (QED) is 0.868. The summed E-state index contributed by atoms with van der Waals surface area (Å²) in [7, 11) is 1.32. The minimum Gasteiger partial charge on any atom is -0.504 e. The molecule has 1 aliphatic carbocycles. The van der Waals surface area contributed by atoms with E-state index in [4.69, 9.17) is 4.74 Å². The van der Waals surface area contributed by atoms with E-state index >= 15 is 0 Å². The van der Waals surface area contributed by atoms with Crippen LogP contribution in [0.15, 0.2) is 0 Å². The van der Waals surface area contributed by atoms with Crippen molar-refractivity contribution in [2.45, 2.75) is 32.1 Å². The highest BCUT2D eigenvalue weighted by atomic mass is 19.1. The second-order valence-corrected chi connectivity index (χ2v) is 4.71. The topological polar surface area (TPSA) is 66.8 Å². The summed E-state index contributed by atoms with van der Waals surface area (Å²) in [6, 6.07) is 0. The largest absolute Gasteiger partial charge is 0.504 e. The van der Waals surface area contributed by atoms with E-state index < -0.39 is 17.2 Å². The molecule has 0 bridgehead atoms. The molecule has 0 atom stereocenters. The normalized spacial score (nSPS) is 16.4. The second kappa shape index (κ2) is 3.86. The Bertz CT molecular complexity index is 533. The number of benzene rings is 1. The highest BCUT2D eigenvalue weighted by Gasteiger charge is 2.55. The maximum atomic E-state index is 14.1. The van der Waals surface area contributed by atoms with Gasteiger partial charge in [-0.25, -0.2) is 4.39 Å². The fraction of sp³-hybridized carbons (Fsp3) is 0.462. The Morgan fingerprint density at radius 1 is 1.33 bits per heavy atom. The monoisotopic (exact) mass is 254 g/mol. The van der Waals surface area contributed by atoms with Gasteiger partial charge in [0.1, 0.15) is 5.82 Å². The van der Waals surface area contributed by atoms with Crippen LogP contribution in [0.3, 0.4) is 0 Å². The first kappa shape index (κ1) is 12.7. The van der Waals surface area contributed by atoms with Crippen LogP contribution in [0.1, 0.15) is 29.5 Å². The first-order valence-electron chi connectivity index (χ1n) is 5.66. The number of halogens is 1. The maximum Gasteiger partial charge on any atom is 0.314 e. The number of methoxy groups -OCH3 is 1. The molecule has 2 rings (SSSR count). The highest BCUT2D eigenvalue weighted by Crippen LogP contribution is 2.55. The Morgan fingerprint density at radius 2 is 1.89 bits per heavy atom. The molecule has 2 N–H and O–H groups in total. The van der Waals surface area contributed by atoms with Crippen molar-refractivity contribution in [2.75, 3.05) is 7.11 Å². The number of carboxylic acid groups (broad SMARTS) is 1. The van der Waals surface area contributed by atoms with E-state index in [1.807, 2.05) is 0 Å². The van der Waals surface area contributed by atoms with Crippen LogP contribution in [0.25, 0.3) is 0 Å². The zero-order valence-electron chi connectivity index (χ0n) is 10.5. The smallest absolute Gasteiger partial charge is 0.314 e. The Morgan fingerprint density at radius 3 is 2.28 bits per heavy atom. The Labute approximate surface area is 104 Å². The average molecular weight is 254 g/mol. The van der Waals surface area contributed by atoms with Gasteiger partial charge in [0.15, 0.2) is 11.5 Å². The van der Waals surface area contributed by atoms with Gasteiger partial charge in [0.05, 0.1) is 12.5 Å². The van der Waals surface area contributed by atoms with Crippen LogP contribution in [0.4, 0.5) is 4.39 Å². The molecule has 0 aliphatic heterocycles. The van der Waals surface area contributed by atoms with Crippen molar-refractivity contribution in [3.05, 3.63) is 22.5 Å². The Balaban J connectivity index is 2.76. The predicted octanol–water partition coefficient (Wildman–Crippen LogP) is 2.27. The molecule has 1 aliphatic rings. The highest BCUT2D eigenvalue weighted by molar-refractivity contribution is 5.87. The van der Waals surface area contributed by atoms with Crippen molar-refractivity contribution in [3.8, 4) is 11.5 Å². The zero-order valence-corrected chi connectivity index (χ0v) is 10.5. The second-order valence-electron chi connectivity index (χ2n) is 4.71. The van der Waals surface area contributed by atoms with E-state index in [2.05, 4.69) is 0 Å². The van der Waals surface area contributed by atoms with Crippen molar-refractivity contribution in [3.63, 3.8) is 0 Å². The van der Waals surface area contributed by atoms with Gasteiger partial charge in [-0.05, 0) is 32.3 Å². The summed E-state index contributed by atoms with van der Waals surface area (Å²) in [5, 5.41) is 19.4. The third kappa shape index (κ3) is 1.46. The molecule has 1 saturated carbocycles. The number of rotatable bonds is 3. The molecule has 5 heteroatoms. The average Bonchev–Trinajstić information content (AvgIpc) is 3.09. The number of phenols is 1. The summed E-state index contributed by atoms with van der Waals surface area (Å²) < 4.78 is 19.0. The van der Waals surface area contributed by atoms with Gasteiger partial charge < -0.3 is 14.9 Å². The molecule has 18 heavy (non-hydrogen) atoms. The van der Waals surface area contributed by atoms with Gasteiger partial charge in [0.25, 0.3) is 0 Å². The summed E-state index contributed by atoms with van der Waals surface area (Å²) in [5.74, 6) is -1.80. The van der Waals surface area contributed by atoms with Crippen molar-refractivity contribution >= 4 is 5.97 Å². The summed E-state index contributed by atoms with van der Waals surface area (Å²) in [4.78, 5) is 11.3. The van der Waals surface area contributed by atoms with Crippen LogP contribution in [-0.2, 0) is 10.2 Å². The number of aliphatic carboxylic acids is 1. The Kier molecular flexibility index (Phi) is 2.72. The number of ether oxygens (including phenoxy) is 1. The maximum absolute atomic E-state index is 14.1. The molecular formula is C13H15FO4. The lowest BCUT2D eigenvalue weighted by Crippen LogP contribution is -2.22. The molecule has 0 spiro atoms. The molecule has 0 amide bonds. The fourth-order valence-corrected chi connectivity index (χ4v) is 2.49. The number of aromatic hydroxyl groups is 1. The van der Waals surface area contributed by atoms with Crippen LogP contribution in [0, 0.1) is 19.7 Å². The molecule has 4 nitrogen and oxygen atoms in total. The van der Waals surface area contributed by atoms with Crippen LogP contribution in [0.2, 0.25) is 0 Å². The molecule has 1 aromatic carbocycles. The summed E-state index contributed by atoms with van der Waals surface area (Å²) >= 11 is 0. The first-order chi connectivity index (χ1) is 8.36. The van der Waals surface area contributed by atoms with Crippen molar-refractivity contribution in [2.24, 2.45) is 0 Å². The molecule has 1 fully saturated rings. The van der Waals surface area contributed by atoms with Crippen LogP contribution < -0.4 is 4.74 Å². The predicted molar refractivity (Wildman–Crippen MR) is 62.6 cm³/mol. The number of hydrogen-bond donors (Lipinski definition) is 2. The van der Waals surface area contributed by atoms with Crippen molar-refractivity contribution in [1.82, 2.24) is 0 Å². The van der Waals surface area contributed by atoms with Gasteiger partial charge in [-0.2, -0.15) is 0 Å². The molecule has 98 valence electrons. The van der Waals surface area contributed by atoms with E-state index in [-0.39, 0.29) is 28.2 Å². The van der Waals surface area contributed by atoms with E-state index in [1.165, 1.54) is 21.0 Å². The van der Waals surface area contributed by atoms with Crippen molar-refractivity contribution in [1.29, 1.82) is 0 Å². The lowest BCUT2D eigenvalue weighted by atomic mass is 9.88. The molecule has 0 unspecified atom stereocenters. The summed E-state index contributed by atoms with van der Waals surface area (Å²) in [6.07, 6.45) is 0.810. The minimum absolute atomic E-state index is 0.0145. The molecule has 0 heterocycles. The van der Waals surface area contributed by atoms with Crippen LogP contribution in [-0.4, -0.2) is 23.3 Å². The lowest BCUT2D eigenvalue weighted by molar-refractivity contribution is -0.140. The summed E-state index contributed by atoms with van der Waals surface area (Å²) in [5.41, 5.74) is -0.631. The molecular weight excluding hydrogens is 239 g/mol. The SMILES string of the molecule is COc1c(C)c(F)c(C)c(C2(C(=O)O)CC2)c1O. The fourth-order valence-electron chi connectivity index (χ4n) is 2.49. The standard InChI is InChI=1S/C13H15FO4/c1-6-8(13(4-5-13)12(16)17)10(15)11(18-3)7(2)9(6)14/h15H,4-5H2,1-3H3,(H,16,17). The first-order valence-corrected chi connectivity index (χ1v) is 5.66. The third-order valence-corrected chi connectivity index (χ3v) is 3.67. The van der Waals surface area contributed by atoms with E-state index in [0.29, 0.717) is 12.8 Å². The van der Waals surface area contributed by atoms with Gasteiger partial charge >= 0.3 is 5.97 Å². The molecule has 1 aromatic rings. The third-order valence-electron chi connectivity index (χ3n) is 3.67. The van der Waals surface area contributed by atoms with Gasteiger partial charge in [0, 0.05) is 11.1 Å². The van der Waals surface area contributed by atoms with E-state index in [9.17, 15) is 19.4 Å². The number of hydrogen-bond acceptors (Lipinski definition) is 3. The number of phenolic OH excluding ortho intramolecular Hbond substituents is 1. The minimum atomic E-state index is -1.16. The molecule has 0 saturated heterocycles. The number of carboxylic acids is 1. The van der Waals surface area contributed by atoms with Crippen LogP contribution >= 0.6 is 0 Å². The van der Waals surface area contributed by atoms with Gasteiger partial charge in [-0.15, -0.1) is 0 Å². The molecule has 0 aromatic heterocycles. The van der Waals surface area contributed by atoms with Gasteiger partial charge in [0.2, 0.25) is 0 Å². The summed E-state index contributed by atoms with van der Waals surface area (Å²) in [6.45, 7) is 2.98.